The molecule has 55 heavy (non-hydrogen) atoms. The predicted octanol–water partition coefficient (Wildman–Crippen LogP) is 11.5. The van der Waals surface area contributed by atoms with Gasteiger partial charge in [0, 0.05) is 27.2 Å². The topological polar surface area (TPSA) is 17.1 Å². The Morgan fingerprint density at radius 3 is 1.42 bits per heavy atom. The van der Waals surface area contributed by atoms with Crippen LogP contribution in [0.2, 0.25) is 0 Å². The van der Waals surface area contributed by atoms with Crippen LogP contribution < -0.4 is 15.9 Å². The minimum absolute atomic E-state index is 0.137. The molecule has 2 aliphatic carbocycles. The molecule has 2 aliphatic rings. The van der Waals surface area contributed by atoms with Crippen molar-refractivity contribution in [1.82, 2.24) is 0 Å². The fourth-order valence-corrected chi connectivity index (χ4v) is 12.5. The average molecular weight is 725 g/mol. The average Bonchev–Trinajstić information content (AvgIpc) is 3.55. The van der Waals surface area contributed by atoms with Crippen LogP contribution in [-0.2, 0) is 15.4 Å². The lowest BCUT2D eigenvalue weighted by atomic mass is 9.61. The third kappa shape index (κ3) is 4.90. The lowest BCUT2D eigenvalue weighted by Crippen LogP contribution is -2.33. The molecule has 0 saturated carbocycles. The van der Waals surface area contributed by atoms with Gasteiger partial charge < -0.3 is 4.57 Å². The fraction of sp³-hybridized carbons (Fsp3) is 0.0943. The molecular formula is C53H41OP. The molecule has 1 unspecified atom stereocenters. The molecule has 2 heteroatoms. The molecule has 0 saturated heterocycles. The predicted molar refractivity (Wildman–Crippen MR) is 229 cm³/mol. The van der Waals surface area contributed by atoms with Crippen molar-refractivity contribution in [3.05, 3.63) is 256 Å². The molecule has 0 bridgehead atoms. The van der Waals surface area contributed by atoms with Crippen LogP contribution in [0.4, 0.5) is 0 Å². The van der Waals surface area contributed by atoms with Crippen molar-refractivity contribution in [3.8, 4) is 11.1 Å². The molecule has 0 aromatic heterocycles. The smallest absolute Gasteiger partial charge is 0.171 e. The van der Waals surface area contributed by atoms with E-state index in [0.29, 0.717) is 0 Å². The van der Waals surface area contributed by atoms with Crippen molar-refractivity contribution in [3.63, 3.8) is 0 Å². The van der Waals surface area contributed by atoms with Gasteiger partial charge in [0.05, 0.1) is 5.41 Å². The normalized spacial score (nSPS) is 16.0. The molecule has 0 amide bonds. The van der Waals surface area contributed by atoms with E-state index >= 15 is 4.57 Å². The standard InChI is InChI=1S/C53H41OP/c1-52(2)47-27-15-14-26-45(47)51(37-18-6-3-7-19-37)46-35-32-39(36-50(46)52)53(48-28-16-12-24-43(48)44-25-13-17-29-49(44)53)38-30-33-42(34-31-38)55(54,40-20-8-4-9-21-40)41-22-10-5-11-23-41/h3-36,51H,1-2H3. The second-order valence-corrected chi connectivity index (χ2v) is 18.3. The molecule has 0 spiro atoms. The molecule has 10 rings (SSSR count). The molecule has 0 N–H and O–H groups in total. The van der Waals surface area contributed by atoms with Gasteiger partial charge >= 0.3 is 0 Å². The summed E-state index contributed by atoms with van der Waals surface area (Å²) in [6, 6.07) is 73.8. The summed E-state index contributed by atoms with van der Waals surface area (Å²) >= 11 is 0. The minimum atomic E-state index is -3.15. The van der Waals surface area contributed by atoms with E-state index in [9.17, 15) is 0 Å². The highest BCUT2D eigenvalue weighted by Crippen LogP contribution is 2.58. The van der Waals surface area contributed by atoms with Crippen molar-refractivity contribution < 1.29 is 4.57 Å². The molecule has 8 aromatic rings. The number of rotatable bonds is 6. The first-order valence-electron chi connectivity index (χ1n) is 19.2. The van der Waals surface area contributed by atoms with Gasteiger partial charge in [0.2, 0.25) is 0 Å². The van der Waals surface area contributed by atoms with Gasteiger partial charge in [-0.3, -0.25) is 0 Å². The Kier molecular flexibility index (Phi) is 7.81. The largest absolute Gasteiger partial charge is 0.309 e. The van der Waals surface area contributed by atoms with Crippen LogP contribution in [-0.4, -0.2) is 0 Å². The number of hydrogen-bond donors (Lipinski definition) is 0. The highest BCUT2D eigenvalue weighted by atomic mass is 31.2. The van der Waals surface area contributed by atoms with E-state index in [4.69, 9.17) is 0 Å². The molecule has 0 aliphatic heterocycles. The summed E-state index contributed by atoms with van der Waals surface area (Å²) in [4.78, 5) is 0. The van der Waals surface area contributed by atoms with Crippen molar-refractivity contribution in [2.75, 3.05) is 0 Å². The summed E-state index contributed by atoms with van der Waals surface area (Å²) in [6.07, 6.45) is 0. The Balaban J connectivity index is 1.23. The summed E-state index contributed by atoms with van der Waals surface area (Å²) < 4.78 is 15.5. The Morgan fingerprint density at radius 1 is 0.400 bits per heavy atom. The second-order valence-electron chi connectivity index (χ2n) is 15.5. The van der Waals surface area contributed by atoms with E-state index in [1.54, 1.807) is 0 Å². The van der Waals surface area contributed by atoms with Crippen LogP contribution in [0.25, 0.3) is 11.1 Å². The number of hydrogen-bond acceptors (Lipinski definition) is 1. The molecule has 1 atom stereocenters. The van der Waals surface area contributed by atoms with E-state index in [1.807, 2.05) is 60.7 Å². The maximum absolute atomic E-state index is 15.5. The van der Waals surface area contributed by atoms with Gasteiger partial charge in [-0.05, 0) is 61.2 Å². The van der Waals surface area contributed by atoms with Gasteiger partial charge in [-0.1, -0.05) is 220 Å². The third-order valence-corrected chi connectivity index (χ3v) is 15.5. The summed E-state index contributed by atoms with van der Waals surface area (Å²) in [5.74, 6) is 0.137. The van der Waals surface area contributed by atoms with Crippen LogP contribution in [0.3, 0.4) is 0 Å². The van der Waals surface area contributed by atoms with Gasteiger partial charge in [-0.15, -0.1) is 0 Å². The first kappa shape index (κ1) is 33.6. The van der Waals surface area contributed by atoms with Crippen molar-refractivity contribution in [1.29, 1.82) is 0 Å². The van der Waals surface area contributed by atoms with E-state index in [1.165, 1.54) is 55.6 Å². The van der Waals surface area contributed by atoms with Gasteiger partial charge in [0.25, 0.3) is 0 Å². The Bertz CT molecular complexity index is 2660. The van der Waals surface area contributed by atoms with E-state index in [-0.39, 0.29) is 11.3 Å². The Labute approximate surface area is 324 Å². The molecule has 264 valence electrons. The monoisotopic (exact) mass is 724 g/mol. The van der Waals surface area contributed by atoms with Crippen LogP contribution in [0.15, 0.2) is 206 Å². The Morgan fingerprint density at radius 2 is 0.836 bits per heavy atom. The van der Waals surface area contributed by atoms with Crippen molar-refractivity contribution in [2.24, 2.45) is 0 Å². The van der Waals surface area contributed by atoms with E-state index in [0.717, 1.165) is 21.5 Å². The summed E-state index contributed by atoms with van der Waals surface area (Å²) in [5, 5.41) is 2.51. The lowest BCUT2D eigenvalue weighted by molar-refractivity contribution is 0.592. The SMILES string of the molecule is CC1(C)c2ccccc2C(c2ccccc2)c2ccc(C3(c4ccc(P(=O)(c5ccccc5)c5ccccc5)cc4)c4ccccc4-c4ccccc43)cc21. The van der Waals surface area contributed by atoms with E-state index < -0.39 is 12.6 Å². The highest BCUT2D eigenvalue weighted by Gasteiger charge is 2.48. The van der Waals surface area contributed by atoms with Gasteiger partial charge in [-0.2, -0.15) is 0 Å². The van der Waals surface area contributed by atoms with Crippen LogP contribution in [0.5, 0.6) is 0 Å². The Hall–Kier alpha value is -6.01. The van der Waals surface area contributed by atoms with Crippen LogP contribution >= 0.6 is 7.14 Å². The summed E-state index contributed by atoms with van der Waals surface area (Å²) in [7, 11) is -3.15. The molecule has 1 nitrogen and oxygen atoms in total. The van der Waals surface area contributed by atoms with Gasteiger partial charge in [-0.25, -0.2) is 0 Å². The fourth-order valence-electron chi connectivity index (χ4n) is 9.89. The summed E-state index contributed by atoms with van der Waals surface area (Å²) in [6.45, 7) is 4.77. The van der Waals surface area contributed by atoms with E-state index in [2.05, 4.69) is 159 Å². The zero-order chi connectivity index (χ0) is 37.2. The van der Waals surface area contributed by atoms with Crippen molar-refractivity contribution in [2.45, 2.75) is 30.6 Å². The van der Waals surface area contributed by atoms with Crippen LogP contribution in [0, 0.1) is 0 Å². The first-order chi connectivity index (χ1) is 26.9. The summed E-state index contributed by atoms with van der Waals surface area (Å²) in [5.41, 5.74) is 13.4. The first-order valence-corrected chi connectivity index (χ1v) is 20.9. The second kappa shape index (κ2) is 12.8. The molecule has 8 aromatic carbocycles. The zero-order valence-electron chi connectivity index (χ0n) is 31.1. The molecule has 0 radical (unpaired) electrons. The zero-order valence-corrected chi connectivity index (χ0v) is 32.0. The molecule has 0 fully saturated rings. The maximum Gasteiger partial charge on any atom is 0.171 e. The molecule has 0 heterocycles. The van der Waals surface area contributed by atoms with Gasteiger partial charge in [0.1, 0.15) is 0 Å². The number of benzene rings is 8. The quantitative estimate of drug-likeness (QED) is 0.156. The molecular weight excluding hydrogens is 684 g/mol. The lowest BCUT2D eigenvalue weighted by Gasteiger charge is -2.42. The maximum atomic E-state index is 15.5. The number of fused-ring (bicyclic) bond motifs is 5. The minimum Gasteiger partial charge on any atom is -0.309 e. The van der Waals surface area contributed by atoms with Crippen molar-refractivity contribution >= 4 is 23.1 Å². The highest BCUT2D eigenvalue weighted by molar-refractivity contribution is 7.85. The third-order valence-electron chi connectivity index (χ3n) is 12.4. The van der Waals surface area contributed by atoms with Gasteiger partial charge in [0.15, 0.2) is 7.14 Å². The van der Waals surface area contributed by atoms with Crippen LogP contribution in [0.1, 0.15) is 69.8 Å².